The highest BCUT2D eigenvalue weighted by atomic mass is 16.7. The second-order valence-corrected chi connectivity index (χ2v) is 4.54. The molecule has 0 heterocycles. The van der Waals surface area contributed by atoms with E-state index in [2.05, 4.69) is 6.92 Å². The minimum Gasteiger partial charge on any atom is -0.421 e. The normalized spacial score (nSPS) is 11.3. The molecule has 0 spiro atoms. The summed E-state index contributed by atoms with van der Waals surface area (Å²) in [5.41, 5.74) is 2.85. The standard InChI is InChI=1S/C16H20O4/c1-5-14-7-6-8-15(10-14)9-11(2)16(19-12(3)17)20-13(4)18/h6-10,16H,5H2,1-4H3/b11-9+. The van der Waals surface area contributed by atoms with Gasteiger partial charge >= 0.3 is 11.9 Å². The molecule has 0 fully saturated rings. The van der Waals surface area contributed by atoms with Crippen molar-refractivity contribution in [3.63, 3.8) is 0 Å². The zero-order valence-corrected chi connectivity index (χ0v) is 12.3. The van der Waals surface area contributed by atoms with Crippen LogP contribution in [0.4, 0.5) is 0 Å². The van der Waals surface area contributed by atoms with Gasteiger partial charge in [-0.15, -0.1) is 0 Å². The van der Waals surface area contributed by atoms with Crippen LogP contribution in [0.1, 0.15) is 38.8 Å². The monoisotopic (exact) mass is 276 g/mol. The minimum absolute atomic E-state index is 0.494. The fraction of sp³-hybridized carbons (Fsp3) is 0.375. The lowest BCUT2D eigenvalue weighted by molar-refractivity contribution is -0.177. The predicted molar refractivity (Wildman–Crippen MR) is 76.8 cm³/mol. The molecule has 0 atom stereocenters. The van der Waals surface area contributed by atoms with Crippen molar-refractivity contribution in [1.82, 2.24) is 0 Å². The van der Waals surface area contributed by atoms with E-state index < -0.39 is 18.2 Å². The van der Waals surface area contributed by atoms with Crippen LogP contribution in [0.15, 0.2) is 29.8 Å². The fourth-order valence-electron chi connectivity index (χ4n) is 1.75. The fourth-order valence-corrected chi connectivity index (χ4v) is 1.75. The largest absolute Gasteiger partial charge is 0.421 e. The Morgan fingerprint density at radius 3 is 2.25 bits per heavy atom. The van der Waals surface area contributed by atoms with Crippen LogP contribution >= 0.6 is 0 Å². The second-order valence-electron chi connectivity index (χ2n) is 4.54. The Labute approximate surface area is 119 Å². The lowest BCUT2D eigenvalue weighted by Crippen LogP contribution is -2.23. The maximum atomic E-state index is 11.1. The molecule has 20 heavy (non-hydrogen) atoms. The number of aryl methyl sites for hydroxylation is 1. The first-order chi connectivity index (χ1) is 9.42. The van der Waals surface area contributed by atoms with Gasteiger partial charge in [-0.2, -0.15) is 0 Å². The molecule has 1 aromatic rings. The Balaban J connectivity index is 2.96. The van der Waals surface area contributed by atoms with Crippen LogP contribution in [0.2, 0.25) is 0 Å². The van der Waals surface area contributed by atoms with Gasteiger partial charge in [0.15, 0.2) is 0 Å². The molecule has 1 aromatic carbocycles. The quantitative estimate of drug-likeness (QED) is 0.612. The maximum absolute atomic E-state index is 11.1. The van der Waals surface area contributed by atoms with Gasteiger partial charge in [0.25, 0.3) is 6.29 Å². The van der Waals surface area contributed by atoms with Gasteiger partial charge in [-0.25, -0.2) is 0 Å². The summed E-state index contributed by atoms with van der Waals surface area (Å²) in [5.74, 6) is -0.988. The molecular weight excluding hydrogens is 256 g/mol. The molecule has 0 bridgehead atoms. The molecule has 0 aromatic heterocycles. The molecule has 0 radical (unpaired) electrons. The third-order valence-electron chi connectivity index (χ3n) is 2.67. The highest BCUT2D eigenvalue weighted by Gasteiger charge is 2.17. The van der Waals surface area contributed by atoms with Crippen LogP contribution in [-0.4, -0.2) is 18.2 Å². The molecule has 1 rings (SSSR count). The number of carbonyl (C=O) groups is 2. The third-order valence-corrected chi connectivity index (χ3v) is 2.67. The van der Waals surface area contributed by atoms with E-state index in [1.54, 1.807) is 6.92 Å². The van der Waals surface area contributed by atoms with E-state index in [1.807, 2.05) is 30.3 Å². The molecule has 0 aliphatic carbocycles. The average Bonchev–Trinajstić information content (AvgIpc) is 2.37. The van der Waals surface area contributed by atoms with Crippen LogP contribution in [0.3, 0.4) is 0 Å². The minimum atomic E-state index is -0.977. The summed E-state index contributed by atoms with van der Waals surface area (Å²) in [6, 6.07) is 8.00. The Hall–Kier alpha value is -2.10. The molecule has 0 saturated carbocycles. The van der Waals surface area contributed by atoms with Crippen LogP contribution in [0, 0.1) is 0 Å². The molecule has 0 aliphatic rings. The Kier molecular flexibility index (Phi) is 5.97. The van der Waals surface area contributed by atoms with Crippen LogP contribution < -0.4 is 0 Å². The Morgan fingerprint density at radius 2 is 1.75 bits per heavy atom. The number of hydrogen-bond donors (Lipinski definition) is 0. The highest BCUT2D eigenvalue weighted by molar-refractivity contribution is 5.69. The first kappa shape index (κ1) is 16.0. The average molecular weight is 276 g/mol. The molecule has 0 aliphatic heterocycles. The Morgan fingerprint density at radius 1 is 1.15 bits per heavy atom. The van der Waals surface area contributed by atoms with Gasteiger partial charge in [-0.1, -0.05) is 31.2 Å². The number of rotatable bonds is 5. The first-order valence-electron chi connectivity index (χ1n) is 6.54. The van der Waals surface area contributed by atoms with E-state index in [0.717, 1.165) is 12.0 Å². The smallest absolute Gasteiger partial charge is 0.305 e. The van der Waals surface area contributed by atoms with Gasteiger partial charge in [0.05, 0.1) is 0 Å². The topological polar surface area (TPSA) is 52.6 Å². The summed E-state index contributed by atoms with van der Waals surface area (Å²) in [4.78, 5) is 22.1. The van der Waals surface area contributed by atoms with E-state index in [9.17, 15) is 9.59 Å². The van der Waals surface area contributed by atoms with Crippen LogP contribution in [0.5, 0.6) is 0 Å². The van der Waals surface area contributed by atoms with Crippen molar-refractivity contribution in [3.05, 3.63) is 41.0 Å². The summed E-state index contributed by atoms with van der Waals surface area (Å²) >= 11 is 0. The van der Waals surface area contributed by atoms with Gasteiger partial charge in [0.1, 0.15) is 0 Å². The zero-order valence-electron chi connectivity index (χ0n) is 12.3. The summed E-state index contributed by atoms with van der Waals surface area (Å²) < 4.78 is 10.0. The lowest BCUT2D eigenvalue weighted by Gasteiger charge is -2.17. The zero-order chi connectivity index (χ0) is 15.1. The molecule has 0 amide bonds. The van der Waals surface area contributed by atoms with E-state index in [0.29, 0.717) is 5.57 Å². The molecule has 0 saturated heterocycles. The van der Waals surface area contributed by atoms with Gasteiger partial charge in [0.2, 0.25) is 0 Å². The number of esters is 2. The molecule has 108 valence electrons. The van der Waals surface area contributed by atoms with Crippen molar-refractivity contribution in [2.45, 2.75) is 40.4 Å². The van der Waals surface area contributed by atoms with Gasteiger partial charge in [0, 0.05) is 19.4 Å². The molecule has 4 nitrogen and oxygen atoms in total. The van der Waals surface area contributed by atoms with Gasteiger partial charge in [-0.3, -0.25) is 9.59 Å². The van der Waals surface area contributed by atoms with Crippen molar-refractivity contribution in [3.8, 4) is 0 Å². The molecule has 4 heteroatoms. The summed E-state index contributed by atoms with van der Waals surface area (Å²) in [5, 5.41) is 0. The van der Waals surface area contributed by atoms with Gasteiger partial charge in [-0.05, 0) is 30.5 Å². The number of hydrogen-bond acceptors (Lipinski definition) is 4. The van der Waals surface area contributed by atoms with E-state index in [4.69, 9.17) is 9.47 Å². The molecule has 0 unspecified atom stereocenters. The van der Waals surface area contributed by atoms with Crippen molar-refractivity contribution in [1.29, 1.82) is 0 Å². The van der Waals surface area contributed by atoms with E-state index >= 15 is 0 Å². The molecule has 0 N–H and O–H groups in total. The summed E-state index contributed by atoms with van der Waals surface area (Å²) in [6.45, 7) is 6.40. The third kappa shape index (κ3) is 5.26. The lowest BCUT2D eigenvalue weighted by atomic mass is 10.1. The number of carbonyl (C=O) groups excluding carboxylic acids is 2. The second kappa shape index (κ2) is 7.48. The predicted octanol–water partition coefficient (Wildman–Crippen LogP) is 3.10. The van der Waals surface area contributed by atoms with Gasteiger partial charge < -0.3 is 9.47 Å². The van der Waals surface area contributed by atoms with Crippen molar-refractivity contribution < 1.29 is 19.1 Å². The van der Waals surface area contributed by atoms with Crippen molar-refractivity contribution in [2.24, 2.45) is 0 Å². The summed E-state index contributed by atoms with van der Waals surface area (Å²) in [7, 11) is 0. The first-order valence-corrected chi connectivity index (χ1v) is 6.54. The number of benzene rings is 1. The highest BCUT2D eigenvalue weighted by Crippen LogP contribution is 2.15. The maximum Gasteiger partial charge on any atom is 0.305 e. The van der Waals surface area contributed by atoms with Crippen molar-refractivity contribution >= 4 is 18.0 Å². The SMILES string of the molecule is CCc1cccc(/C=C(\C)C(OC(C)=O)OC(C)=O)c1. The van der Waals surface area contributed by atoms with E-state index in [1.165, 1.54) is 19.4 Å². The van der Waals surface area contributed by atoms with E-state index in [-0.39, 0.29) is 0 Å². The van der Waals surface area contributed by atoms with Crippen LogP contribution in [-0.2, 0) is 25.5 Å². The Bertz CT molecular complexity index is 501. The van der Waals surface area contributed by atoms with Crippen LogP contribution in [0.25, 0.3) is 6.08 Å². The summed E-state index contributed by atoms with van der Waals surface area (Å²) in [6.07, 6.45) is 1.81. The molecular formula is C16H20O4. The number of ether oxygens (including phenoxy) is 2. The van der Waals surface area contributed by atoms with Crippen molar-refractivity contribution in [2.75, 3.05) is 0 Å².